The Hall–Kier alpha value is -4.27. The van der Waals surface area contributed by atoms with Crippen LogP contribution >= 0.6 is 0 Å². The van der Waals surface area contributed by atoms with E-state index in [1.807, 2.05) is 25.1 Å². The number of nitrogens with zero attached hydrogens (tertiary/aromatic N) is 2. The van der Waals surface area contributed by atoms with Crippen molar-refractivity contribution in [2.75, 3.05) is 5.32 Å². The first-order valence-electron chi connectivity index (χ1n) is 10.5. The summed E-state index contributed by atoms with van der Waals surface area (Å²) in [5.41, 5.74) is 5.94. The van der Waals surface area contributed by atoms with E-state index in [0.717, 1.165) is 12.0 Å². The average molecular weight is 446 g/mol. The number of benzene rings is 2. The van der Waals surface area contributed by atoms with Crippen LogP contribution < -0.4 is 10.7 Å². The van der Waals surface area contributed by atoms with Crippen molar-refractivity contribution in [3.8, 4) is 0 Å². The number of nitro groups is 1. The maximum atomic E-state index is 12.7. The lowest BCUT2D eigenvalue weighted by Gasteiger charge is -2.13. The number of hydrazone groups is 1. The molecule has 3 aromatic rings. The van der Waals surface area contributed by atoms with E-state index >= 15 is 0 Å². The predicted molar refractivity (Wildman–Crippen MR) is 122 cm³/mol. The normalized spacial score (nSPS) is 13.9. The molecule has 168 valence electrons. The molecule has 0 aliphatic heterocycles. The zero-order valence-electron chi connectivity index (χ0n) is 18.0. The molecular weight excluding hydrogens is 424 g/mol. The minimum atomic E-state index is -0.488. The third kappa shape index (κ3) is 4.98. The summed E-state index contributed by atoms with van der Waals surface area (Å²) in [6, 6.07) is 14.9. The standard InChI is InChI=1S/C24H22N4O5/c1-15-22-19(26-27-21(29)14-16-10-12-18(13-11-16)28(31)32)8-5-9-20(22)33-23(15)24(30)25-17-6-3-2-4-7-17/h2-4,6-7,10-13H,5,8-9,14H2,1H3,(H,25,30)(H,27,29)/b26-19+. The highest BCUT2D eigenvalue weighted by Gasteiger charge is 2.28. The van der Waals surface area contributed by atoms with Gasteiger partial charge in [-0.05, 0) is 37.5 Å². The number of hydrogen-bond acceptors (Lipinski definition) is 6. The van der Waals surface area contributed by atoms with Gasteiger partial charge < -0.3 is 9.73 Å². The number of anilines is 1. The summed E-state index contributed by atoms with van der Waals surface area (Å²) in [4.78, 5) is 35.3. The Bertz CT molecular complexity index is 1230. The zero-order valence-corrected chi connectivity index (χ0v) is 18.0. The molecular formula is C24H22N4O5. The van der Waals surface area contributed by atoms with Crippen LogP contribution in [0.1, 0.15) is 45.8 Å². The molecule has 9 heteroatoms. The van der Waals surface area contributed by atoms with Gasteiger partial charge in [0.05, 0.1) is 17.1 Å². The minimum absolute atomic E-state index is 0.0309. The van der Waals surface area contributed by atoms with Gasteiger partial charge in [-0.25, -0.2) is 5.43 Å². The molecule has 0 atom stereocenters. The van der Waals surface area contributed by atoms with Gasteiger partial charge in [-0.15, -0.1) is 0 Å². The van der Waals surface area contributed by atoms with E-state index in [2.05, 4.69) is 15.8 Å². The first-order valence-corrected chi connectivity index (χ1v) is 10.5. The summed E-state index contributed by atoms with van der Waals surface area (Å²) < 4.78 is 5.87. The van der Waals surface area contributed by atoms with Gasteiger partial charge in [-0.3, -0.25) is 19.7 Å². The average Bonchev–Trinajstić information content (AvgIpc) is 3.16. The van der Waals surface area contributed by atoms with E-state index in [1.165, 1.54) is 12.1 Å². The second-order valence-corrected chi connectivity index (χ2v) is 7.72. The molecule has 33 heavy (non-hydrogen) atoms. The monoisotopic (exact) mass is 446 g/mol. The Balaban J connectivity index is 1.47. The Morgan fingerprint density at radius 2 is 1.82 bits per heavy atom. The molecule has 2 N–H and O–H groups in total. The van der Waals surface area contributed by atoms with E-state index in [0.29, 0.717) is 41.1 Å². The van der Waals surface area contributed by atoms with Crippen molar-refractivity contribution in [2.45, 2.75) is 32.6 Å². The molecule has 0 saturated heterocycles. The third-order valence-corrected chi connectivity index (χ3v) is 5.39. The third-order valence-electron chi connectivity index (χ3n) is 5.39. The number of nitro benzene ring substituents is 1. The number of rotatable bonds is 6. The molecule has 2 aromatic carbocycles. The topological polar surface area (TPSA) is 127 Å². The second kappa shape index (κ2) is 9.47. The smallest absolute Gasteiger partial charge is 0.291 e. The summed E-state index contributed by atoms with van der Waals surface area (Å²) in [5.74, 6) is 0.234. The van der Waals surface area contributed by atoms with Crippen molar-refractivity contribution in [1.82, 2.24) is 5.43 Å². The highest BCUT2D eigenvalue weighted by molar-refractivity contribution is 6.09. The number of aryl methyl sites for hydroxylation is 1. The lowest BCUT2D eigenvalue weighted by molar-refractivity contribution is -0.384. The Kier molecular flexibility index (Phi) is 6.30. The number of furan rings is 1. The second-order valence-electron chi connectivity index (χ2n) is 7.72. The van der Waals surface area contributed by atoms with Crippen molar-refractivity contribution in [2.24, 2.45) is 5.10 Å². The summed E-state index contributed by atoms with van der Waals surface area (Å²) in [6.07, 6.45) is 2.16. The number of fused-ring (bicyclic) bond motifs is 1. The maximum absolute atomic E-state index is 12.7. The molecule has 1 heterocycles. The number of carbonyl (C=O) groups is 2. The highest BCUT2D eigenvalue weighted by Crippen LogP contribution is 2.30. The Morgan fingerprint density at radius 3 is 2.52 bits per heavy atom. The lowest BCUT2D eigenvalue weighted by Crippen LogP contribution is -2.23. The molecule has 4 rings (SSSR count). The van der Waals surface area contributed by atoms with Crippen LogP contribution in [0.3, 0.4) is 0 Å². The number of amides is 2. The van der Waals surface area contributed by atoms with Crippen molar-refractivity contribution < 1.29 is 18.9 Å². The van der Waals surface area contributed by atoms with Crippen LogP contribution in [-0.2, 0) is 17.6 Å². The number of carbonyl (C=O) groups excluding carboxylic acids is 2. The zero-order chi connectivity index (χ0) is 23.4. The molecule has 0 fully saturated rings. The number of non-ortho nitro benzene ring substituents is 1. The fraction of sp³-hybridized carbons (Fsp3) is 0.208. The predicted octanol–water partition coefficient (Wildman–Crippen LogP) is 4.15. The molecule has 2 amide bonds. The van der Waals surface area contributed by atoms with E-state index in [1.54, 1.807) is 24.3 Å². The molecule has 1 aromatic heterocycles. The first-order chi connectivity index (χ1) is 15.9. The van der Waals surface area contributed by atoms with Gasteiger partial charge in [0, 0.05) is 35.4 Å². The molecule has 1 aliphatic carbocycles. The minimum Gasteiger partial charge on any atom is -0.455 e. The van der Waals surface area contributed by atoms with E-state index in [4.69, 9.17) is 4.42 Å². The summed E-state index contributed by atoms with van der Waals surface area (Å²) in [5, 5.41) is 17.9. The van der Waals surface area contributed by atoms with Crippen molar-refractivity contribution >= 4 is 28.9 Å². The van der Waals surface area contributed by atoms with Gasteiger partial charge in [-0.2, -0.15) is 5.10 Å². The maximum Gasteiger partial charge on any atom is 0.291 e. The Labute approximate surface area is 189 Å². The van der Waals surface area contributed by atoms with Crippen molar-refractivity contribution in [1.29, 1.82) is 0 Å². The van der Waals surface area contributed by atoms with E-state index in [9.17, 15) is 19.7 Å². The van der Waals surface area contributed by atoms with E-state index in [-0.39, 0.29) is 29.7 Å². The van der Waals surface area contributed by atoms with E-state index < -0.39 is 4.92 Å². The van der Waals surface area contributed by atoms with Gasteiger partial charge in [-0.1, -0.05) is 30.3 Å². The van der Waals surface area contributed by atoms with Gasteiger partial charge in [0.2, 0.25) is 5.91 Å². The Morgan fingerprint density at radius 1 is 1.09 bits per heavy atom. The van der Waals surface area contributed by atoms with Crippen molar-refractivity contribution in [3.05, 3.63) is 92.9 Å². The lowest BCUT2D eigenvalue weighted by atomic mass is 9.93. The molecule has 0 saturated carbocycles. The molecule has 1 aliphatic rings. The quantitative estimate of drug-likeness (QED) is 0.434. The van der Waals surface area contributed by atoms with Crippen LogP contribution in [0.4, 0.5) is 11.4 Å². The highest BCUT2D eigenvalue weighted by atomic mass is 16.6. The largest absolute Gasteiger partial charge is 0.455 e. The number of nitrogens with one attached hydrogen (secondary N) is 2. The molecule has 9 nitrogen and oxygen atoms in total. The molecule has 0 bridgehead atoms. The van der Waals surface area contributed by atoms with Gasteiger partial charge in [0.1, 0.15) is 5.76 Å². The summed E-state index contributed by atoms with van der Waals surface area (Å²) in [6.45, 7) is 1.81. The summed E-state index contributed by atoms with van der Waals surface area (Å²) in [7, 11) is 0. The number of para-hydroxylation sites is 1. The fourth-order valence-corrected chi connectivity index (χ4v) is 3.80. The van der Waals surface area contributed by atoms with Crippen LogP contribution in [0.5, 0.6) is 0 Å². The summed E-state index contributed by atoms with van der Waals surface area (Å²) >= 11 is 0. The van der Waals surface area contributed by atoms with Gasteiger partial charge >= 0.3 is 0 Å². The van der Waals surface area contributed by atoms with Crippen LogP contribution in [0, 0.1) is 17.0 Å². The van der Waals surface area contributed by atoms with Crippen molar-refractivity contribution in [3.63, 3.8) is 0 Å². The van der Waals surface area contributed by atoms with Crippen LogP contribution in [-0.4, -0.2) is 22.4 Å². The first kappa shape index (κ1) is 21.9. The molecule has 0 radical (unpaired) electrons. The molecule has 0 unspecified atom stereocenters. The number of hydrogen-bond donors (Lipinski definition) is 2. The van der Waals surface area contributed by atoms with Crippen LogP contribution in [0.2, 0.25) is 0 Å². The SMILES string of the molecule is Cc1c(C(=O)Nc2ccccc2)oc2c1/C(=N/NC(=O)Cc1ccc([N+](=O)[O-])cc1)CCC2. The fourth-order valence-electron chi connectivity index (χ4n) is 3.80. The van der Waals surface area contributed by atoms with Gasteiger partial charge in [0.15, 0.2) is 5.76 Å². The van der Waals surface area contributed by atoms with Crippen LogP contribution in [0.25, 0.3) is 0 Å². The van der Waals surface area contributed by atoms with Crippen LogP contribution in [0.15, 0.2) is 64.1 Å². The molecule has 0 spiro atoms. The van der Waals surface area contributed by atoms with Gasteiger partial charge in [0.25, 0.3) is 11.6 Å².